The van der Waals surface area contributed by atoms with Crippen molar-refractivity contribution in [3.05, 3.63) is 59.2 Å². The smallest absolute Gasteiger partial charge is 0.263 e. The van der Waals surface area contributed by atoms with Crippen LogP contribution in [0, 0.1) is 0 Å². The first kappa shape index (κ1) is 20.0. The van der Waals surface area contributed by atoms with Crippen LogP contribution in [0.25, 0.3) is 0 Å². The number of anilines is 1. The monoisotopic (exact) mass is 421 g/mol. The van der Waals surface area contributed by atoms with Crippen LogP contribution in [-0.4, -0.2) is 72.2 Å². The third-order valence-electron chi connectivity index (χ3n) is 6.44. The van der Waals surface area contributed by atoms with E-state index in [4.69, 9.17) is 4.74 Å². The molecule has 0 aliphatic carbocycles. The van der Waals surface area contributed by atoms with E-state index in [1.165, 1.54) is 4.90 Å². The first-order chi connectivity index (χ1) is 15.1. The van der Waals surface area contributed by atoms with Crippen molar-refractivity contribution >= 4 is 17.5 Å². The van der Waals surface area contributed by atoms with Gasteiger partial charge in [-0.2, -0.15) is 0 Å². The molecular formula is C24H27N3O4. The summed E-state index contributed by atoms with van der Waals surface area (Å²) in [5.41, 5.74) is 3.07. The van der Waals surface area contributed by atoms with E-state index < -0.39 is 0 Å². The number of fused-ring (bicyclic) bond motifs is 1. The molecule has 0 bridgehead atoms. The van der Waals surface area contributed by atoms with Gasteiger partial charge in [0.25, 0.3) is 11.8 Å². The van der Waals surface area contributed by atoms with E-state index in [2.05, 4.69) is 9.80 Å². The Bertz CT molecular complexity index is 977. The van der Waals surface area contributed by atoms with Gasteiger partial charge in [0.15, 0.2) is 0 Å². The Morgan fingerprint density at radius 2 is 1.74 bits per heavy atom. The summed E-state index contributed by atoms with van der Waals surface area (Å²) in [6.07, 6.45) is 1.82. The molecule has 2 amide bonds. The van der Waals surface area contributed by atoms with Crippen LogP contribution in [0.2, 0.25) is 0 Å². The van der Waals surface area contributed by atoms with E-state index in [-0.39, 0.29) is 23.7 Å². The second kappa shape index (κ2) is 8.32. The summed E-state index contributed by atoms with van der Waals surface area (Å²) in [4.78, 5) is 32.0. The van der Waals surface area contributed by atoms with E-state index in [0.717, 1.165) is 56.8 Å². The minimum absolute atomic E-state index is 0.0471. The predicted molar refractivity (Wildman–Crippen MR) is 116 cm³/mol. The number of carbonyl (C=O) groups is 2. The number of amides is 2. The molecule has 2 saturated heterocycles. The molecule has 1 atom stereocenters. The summed E-state index contributed by atoms with van der Waals surface area (Å²) < 4.78 is 5.65. The number of aromatic hydroxyl groups is 1. The zero-order valence-electron chi connectivity index (χ0n) is 17.5. The van der Waals surface area contributed by atoms with E-state index in [9.17, 15) is 14.7 Å². The number of carbonyl (C=O) groups excluding carboxylic acids is 2. The van der Waals surface area contributed by atoms with Crippen LogP contribution in [0.4, 0.5) is 5.69 Å². The highest BCUT2D eigenvalue weighted by molar-refractivity contribution is 6.23. The van der Waals surface area contributed by atoms with Gasteiger partial charge in [0.2, 0.25) is 0 Å². The lowest BCUT2D eigenvalue weighted by Crippen LogP contribution is -2.46. The van der Waals surface area contributed by atoms with Crippen molar-refractivity contribution in [1.82, 2.24) is 9.80 Å². The lowest BCUT2D eigenvalue weighted by atomic mass is 10.1. The van der Waals surface area contributed by atoms with Crippen molar-refractivity contribution in [2.75, 3.05) is 44.2 Å². The predicted octanol–water partition coefficient (Wildman–Crippen LogP) is 2.49. The summed E-state index contributed by atoms with van der Waals surface area (Å²) in [6.45, 7) is 5.19. The van der Waals surface area contributed by atoms with Gasteiger partial charge in [0, 0.05) is 39.3 Å². The Labute approximate surface area is 181 Å². The molecule has 0 saturated carbocycles. The van der Waals surface area contributed by atoms with Gasteiger partial charge in [-0.25, -0.2) is 0 Å². The van der Waals surface area contributed by atoms with Gasteiger partial charge < -0.3 is 14.7 Å². The summed E-state index contributed by atoms with van der Waals surface area (Å²) >= 11 is 0. The number of imide groups is 1. The maximum Gasteiger partial charge on any atom is 0.263 e. The number of benzene rings is 2. The van der Waals surface area contributed by atoms with E-state index in [1.807, 2.05) is 24.3 Å². The molecule has 0 spiro atoms. The number of ether oxygens (including phenoxy) is 1. The third kappa shape index (κ3) is 3.91. The molecule has 1 N–H and O–H groups in total. The van der Waals surface area contributed by atoms with Crippen molar-refractivity contribution in [3.8, 4) is 5.75 Å². The lowest BCUT2D eigenvalue weighted by Gasteiger charge is -2.36. The largest absolute Gasteiger partial charge is 0.508 e. The Morgan fingerprint density at radius 1 is 0.968 bits per heavy atom. The summed E-state index contributed by atoms with van der Waals surface area (Å²) in [5.74, 6) is -0.125. The summed E-state index contributed by atoms with van der Waals surface area (Å²) in [7, 11) is 0. The zero-order chi connectivity index (χ0) is 21.4. The maximum absolute atomic E-state index is 13.2. The normalized spacial score (nSPS) is 21.7. The van der Waals surface area contributed by atoms with Gasteiger partial charge in [0.05, 0.1) is 29.5 Å². The maximum atomic E-state index is 13.2. The molecule has 0 radical (unpaired) electrons. The van der Waals surface area contributed by atoms with Gasteiger partial charge in [-0.3, -0.25) is 19.4 Å². The average molecular weight is 421 g/mol. The van der Waals surface area contributed by atoms with Crippen molar-refractivity contribution in [1.29, 1.82) is 0 Å². The number of hydrogen-bond acceptors (Lipinski definition) is 6. The van der Waals surface area contributed by atoms with Gasteiger partial charge in [-0.15, -0.1) is 0 Å². The SMILES string of the molecule is O=C1c2cccc(N3CCN(Cc4ccc(O)cc4)CC3)c2C(=O)N1CC1CCCO1. The molecule has 1 unspecified atom stereocenters. The van der Waals surface area contributed by atoms with Crippen LogP contribution in [0.1, 0.15) is 39.1 Å². The van der Waals surface area contributed by atoms with Crippen LogP contribution in [0.5, 0.6) is 5.75 Å². The molecule has 31 heavy (non-hydrogen) atoms. The van der Waals surface area contributed by atoms with Crippen LogP contribution in [-0.2, 0) is 11.3 Å². The molecule has 3 heterocycles. The van der Waals surface area contributed by atoms with Crippen LogP contribution in [0.3, 0.4) is 0 Å². The molecular weight excluding hydrogens is 394 g/mol. The standard InChI is InChI=1S/C24H27N3O4/c28-18-8-6-17(7-9-18)15-25-10-12-26(13-11-25)21-5-1-4-20-22(21)24(30)27(23(20)29)16-19-3-2-14-31-19/h1,4-9,19,28H,2-3,10-16H2. The Kier molecular flexibility index (Phi) is 5.38. The van der Waals surface area contributed by atoms with Crippen LogP contribution in [0.15, 0.2) is 42.5 Å². The molecule has 3 aliphatic heterocycles. The quantitative estimate of drug-likeness (QED) is 0.748. The highest BCUT2D eigenvalue weighted by Gasteiger charge is 2.40. The number of phenolic OH excluding ortho intramolecular Hbond substituents is 1. The van der Waals surface area contributed by atoms with Crippen molar-refractivity contribution in [2.24, 2.45) is 0 Å². The highest BCUT2D eigenvalue weighted by atomic mass is 16.5. The molecule has 162 valence electrons. The molecule has 3 aliphatic rings. The van der Waals surface area contributed by atoms with Crippen LogP contribution >= 0.6 is 0 Å². The third-order valence-corrected chi connectivity index (χ3v) is 6.44. The second-order valence-electron chi connectivity index (χ2n) is 8.49. The Balaban J connectivity index is 1.28. The van der Waals surface area contributed by atoms with E-state index in [0.29, 0.717) is 24.3 Å². The summed E-state index contributed by atoms with van der Waals surface area (Å²) in [6, 6.07) is 12.9. The zero-order valence-corrected chi connectivity index (χ0v) is 17.5. The Hall–Kier alpha value is -2.90. The minimum Gasteiger partial charge on any atom is -0.508 e. The molecule has 2 aromatic rings. The topological polar surface area (TPSA) is 73.3 Å². The molecule has 7 nitrogen and oxygen atoms in total. The number of rotatable bonds is 5. The van der Waals surface area contributed by atoms with Crippen molar-refractivity contribution in [2.45, 2.75) is 25.5 Å². The second-order valence-corrected chi connectivity index (χ2v) is 8.49. The summed E-state index contributed by atoms with van der Waals surface area (Å²) in [5, 5.41) is 9.46. The molecule has 2 aromatic carbocycles. The molecule has 7 heteroatoms. The number of nitrogens with zero attached hydrogens (tertiary/aromatic N) is 3. The van der Waals surface area contributed by atoms with Crippen LogP contribution < -0.4 is 4.90 Å². The number of hydrogen-bond donors (Lipinski definition) is 1. The highest BCUT2D eigenvalue weighted by Crippen LogP contribution is 2.33. The first-order valence-corrected chi connectivity index (χ1v) is 11.0. The van der Waals surface area contributed by atoms with Gasteiger partial charge >= 0.3 is 0 Å². The molecule has 2 fully saturated rings. The fourth-order valence-electron chi connectivity index (χ4n) is 4.74. The average Bonchev–Trinajstić information content (AvgIpc) is 3.39. The van der Waals surface area contributed by atoms with Gasteiger partial charge in [0.1, 0.15) is 5.75 Å². The lowest BCUT2D eigenvalue weighted by molar-refractivity contribution is 0.0475. The molecule has 5 rings (SSSR count). The van der Waals surface area contributed by atoms with Crippen molar-refractivity contribution < 1.29 is 19.4 Å². The van der Waals surface area contributed by atoms with E-state index >= 15 is 0 Å². The van der Waals surface area contributed by atoms with Gasteiger partial charge in [-0.1, -0.05) is 18.2 Å². The number of piperazine rings is 1. The van der Waals surface area contributed by atoms with Gasteiger partial charge in [-0.05, 0) is 42.7 Å². The number of phenols is 1. The fourth-order valence-corrected chi connectivity index (χ4v) is 4.74. The first-order valence-electron chi connectivity index (χ1n) is 11.0. The Morgan fingerprint density at radius 3 is 2.45 bits per heavy atom. The molecule has 0 aromatic heterocycles. The fraction of sp³-hybridized carbons (Fsp3) is 0.417. The van der Waals surface area contributed by atoms with Crippen molar-refractivity contribution in [3.63, 3.8) is 0 Å². The minimum atomic E-state index is -0.205. The van der Waals surface area contributed by atoms with E-state index in [1.54, 1.807) is 18.2 Å².